The average molecular weight is 294 g/mol. The summed E-state index contributed by atoms with van der Waals surface area (Å²) < 4.78 is 6.18. The molecule has 2 aromatic rings. The number of aromatic amines is 1. The van der Waals surface area contributed by atoms with Crippen LogP contribution in [0.15, 0.2) is 14.1 Å². The summed E-state index contributed by atoms with van der Waals surface area (Å²) in [6.45, 7) is 4.30. The highest BCUT2D eigenvalue weighted by molar-refractivity contribution is 5.60. The van der Waals surface area contributed by atoms with Crippen molar-refractivity contribution in [2.24, 2.45) is 0 Å². The van der Waals surface area contributed by atoms with Crippen LogP contribution in [0.25, 0.3) is 0 Å². The summed E-state index contributed by atoms with van der Waals surface area (Å²) in [5, 5.41) is 6.55. The number of rotatable bonds is 6. The molecular weight excluding hydrogens is 276 g/mol. The number of aromatic nitrogens is 4. The molecule has 0 spiro atoms. The summed E-state index contributed by atoms with van der Waals surface area (Å²) in [4.78, 5) is 29.9. The zero-order valence-corrected chi connectivity index (χ0v) is 12.0. The third kappa shape index (κ3) is 3.30. The molecule has 9 heteroatoms. The van der Waals surface area contributed by atoms with Gasteiger partial charge >= 0.3 is 5.69 Å². The number of unbranched alkanes of at least 4 members (excludes halogenated alkanes) is 1. The first-order valence-corrected chi connectivity index (χ1v) is 6.68. The molecule has 0 saturated heterocycles. The Morgan fingerprint density at radius 2 is 2.19 bits per heavy atom. The van der Waals surface area contributed by atoms with Crippen molar-refractivity contribution >= 4 is 11.5 Å². The molecule has 2 rings (SSSR count). The molecule has 0 amide bonds. The van der Waals surface area contributed by atoms with Gasteiger partial charge in [-0.2, -0.15) is 4.98 Å². The van der Waals surface area contributed by atoms with Gasteiger partial charge < -0.3 is 15.6 Å². The molecule has 0 fully saturated rings. The lowest BCUT2D eigenvalue weighted by Crippen LogP contribution is -2.34. The molecule has 4 N–H and O–H groups in total. The number of nitrogens with one attached hydrogen (secondary N) is 2. The zero-order valence-electron chi connectivity index (χ0n) is 12.0. The minimum Gasteiger partial charge on any atom is -0.383 e. The molecule has 0 atom stereocenters. The minimum atomic E-state index is -0.564. The van der Waals surface area contributed by atoms with Gasteiger partial charge in [0.15, 0.2) is 5.82 Å². The Kier molecular flexibility index (Phi) is 4.41. The van der Waals surface area contributed by atoms with Crippen molar-refractivity contribution in [1.82, 2.24) is 19.7 Å². The van der Waals surface area contributed by atoms with E-state index in [9.17, 15) is 9.59 Å². The number of nitrogens with zero attached hydrogens (tertiary/aromatic N) is 3. The van der Waals surface area contributed by atoms with Crippen LogP contribution >= 0.6 is 0 Å². The van der Waals surface area contributed by atoms with Gasteiger partial charge in [-0.1, -0.05) is 18.5 Å². The fourth-order valence-corrected chi connectivity index (χ4v) is 1.88. The van der Waals surface area contributed by atoms with Crippen LogP contribution in [0.3, 0.4) is 0 Å². The highest BCUT2D eigenvalue weighted by atomic mass is 16.5. The molecule has 2 aromatic heterocycles. The first kappa shape index (κ1) is 14.8. The van der Waals surface area contributed by atoms with Gasteiger partial charge in [0.2, 0.25) is 5.89 Å². The molecule has 0 saturated carbocycles. The van der Waals surface area contributed by atoms with E-state index in [-0.39, 0.29) is 18.1 Å². The predicted molar refractivity (Wildman–Crippen MR) is 77.0 cm³/mol. The van der Waals surface area contributed by atoms with E-state index >= 15 is 0 Å². The van der Waals surface area contributed by atoms with Crippen LogP contribution in [0.5, 0.6) is 0 Å². The lowest BCUT2D eigenvalue weighted by molar-refractivity contribution is 0.388. The van der Waals surface area contributed by atoms with Crippen molar-refractivity contribution in [2.45, 2.75) is 39.8 Å². The Labute approximate surface area is 120 Å². The van der Waals surface area contributed by atoms with Crippen molar-refractivity contribution in [2.75, 3.05) is 11.1 Å². The van der Waals surface area contributed by atoms with Gasteiger partial charge in [-0.05, 0) is 6.42 Å². The van der Waals surface area contributed by atoms with E-state index in [1.165, 1.54) is 4.57 Å². The van der Waals surface area contributed by atoms with Gasteiger partial charge in [-0.15, -0.1) is 0 Å². The van der Waals surface area contributed by atoms with E-state index < -0.39 is 11.2 Å². The van der Waals surface area contributed by atoms with Crippen molar-refractivity contribution in [3.63, 3.8) is 0 Å². The largest absolute Gasteiger partial charge is 0.383 e. The predicted octanol–water partition coefficient (Wildman–Crippen LogP) is 0.222. The first-order chi connectivity index (χ1) is 10.0. The van der Waals surface area contributed by atoms with Crippen LogP contribution in [0.4, 0.5) is 11.5 Å². The SMILES string of the molecule is CCCCn1c(N)c(NCc2noc(C)n2)c(=O)[nH]c1=O. The smallest absolute Gasteiger partial charge is 0.330 e. The molecule has 0 aromatic carbocycles. The lowest BCUT2D eigenvalue weighted by atomic mass is 10.3. The number of nitrogen functional groups attached to an aromatic ring is 1. The average Bonchev–Trinajstić information content (AvgIpc) is 2.84. The summed E-state index contributed by atoms with van der Waals surface area (Å²) in [6.07, 6.45) is 1.70. The Morgan fingerprint density at radius 3 is 2.81 bits per heavy atom. The van der Waals surface area contributed by atoms with Crippen LogP contribution in [0.2, 0.25) is 0 Å². The molecule has 0 aliphatic rings. The molecule has 9 nitrogen and oxygen atoms in total. The number of hydrogen-bond donors (Lipinski definition) is 3. The molecule has 0 radical (unpaired) electrons. The molecule has 0 aliphatic carbocycles. The molecule has 21 heavy (non-hydrogen) atoms. The number of aryl methyl sites for hydroxylation is 1. The molecule has 2 heterocycles. The first-order valence-electron chi connectivity index (χ1n) is 6.68. The Balaban J connectivity index is 2.26. The van der Waals surface area contributed by atoms with Gasteiger partial charge in [0.05, 0.1) is 6.54 Å². The van der Waals surface area contributed by atoms with Crippen LogP contribution in [-0.4, -0.2) is 19.7 Å². The van der Waals surface area contributed by atoms with Crippen molar-refractivity contribution < 1.29 is 4.52 Å². The number of hydrogen-bond acceptors (Lipinski definition) is 7. The van der Waals surface area contributed by atoms with Crippen molar-refractivity contribution in [3.05, 3.63) is 32.6 Å². The number of nitrogens with two attached hydrogens (primary N) is 1. The second kappa shape index (κ2) is 6.25. The number of H-pyrrole nitrogens is 1. The van der Waals surface area contributed by atoms with Gasteiger partial charge in [-0.3, -0.25) is 14.3 Å². The topological polar surface area (TPSA) is 132 Å². The summed E-state index contributed by atoms with van der Waals surface area (Å²) in [6, 6.07) is 0. The molecule has 0 unspecified atom stereocenters. The fourth-order valence-electron chi connectivity index (χ4n) is 1.88. The molecule has 0 bridgehead atoms. The normalized spacial score (nSPS) is 10.8. The second-order valence-electron chi connectivity index (χ2n) is 4.61. The summed E-state index contributed by atoms with van der Waals surface area (Å²) >= 11 is 0. The quantitative estimate of drug-likeness (QED) is 0.694. The number of anilines is 2. The fraction of sp³-hybridized carbons (Fsp3) is 0.500. The Morgan fingerprint density at radius 1 is 1.43 bits per heavy atom. The van der Waals surface area contributed by atoms with Gasteiger partial charge in [0, 0.05) is 13.5 Å². The summed E-state index contributed by atoms with van der Waals surface area (Å²) in [5.74, 6) is 0.941. The van der Waals surface area contributed by atoms with E-state index in [1.54, 1.807) is 6.92 Å². The van der Waals surface area contributed by atoms with E-state index in [1.807, 2.05) is 6.92 Å². The van der Waals surface area contributed by atoms with E-state index in [4.69, 9.17) is 10.3 Å². The molecular formula is C12H18N6O3. The molecule has 0 aliphatic heterocycles. The maximum absolute atomic E-state index is 11.8. The third-order valence-electron chi connectivity index (χ3n) is 2.97. The maximum atomic E-state index is 11.8. The van der Waals surface area contributed by atoms with E-state index in [0.29, 0.717) is 18.3 Å². The van der Waals surface area contributed by atoms with Crippen LogP contribution in [0.1, 0.15) is 31.5 Å². The molecule has 114 valence electrons. The van der Waals surface area contributed by atoms with Crippen molar-refractivity contribution in [1.29, 1.82) is 0 Å². The van der Waals surface area contributed by atoms with E-state index in [0.717, 1.165) is 12.8 Å². The van der Waals surface area contributed by atoms with Gasteiger partial charge in [0.25, 0.3) is 5.56 Å². The maximum Gasteiger partial charge on any atom is 0.330 e. The minimum absolute atomic E-state index is 0.109. The lowest BCUT2D eigenvalue weighted by Gasteiger charge is -2.12. The van der Waals surface area contributed by atoms with Crippen LogP contribution < -0.4 is 22.3 Å². The standard InChI is InChI=1S/C12H18N6O3/c1-3-4-5-18-10(13)9(11(19)16-12(18)20)14-6-8-15-7(2)21-17-8/h14H,3-6,13H2,1-2H3,(H,16,19,20). The summed E-state index contributed by atoms with van der Waals surface area (Å²) in [7, 11) is 0. The summed E-state index contributed by atoms with van der Waals surface area (Å²) in [5.41, 5.74) is 4.97. The third-order valence-corrected chi connectivity index (χ3v) is 2.97. The Bertz CT molecular complexity index is 729. The van der Waals surface area contributed by atoms with Crippen LogP contribution in [0, 0.1) is 6.92 Å². The van der Waals surface area contributed by atoms with Crippen molar-refractivity contribution in [3.8, 4) is 0 Å². The Hall–Kier alpha value is -2.58. The van der Waals surface area contributed by atoms with Gasteiger partial charge in [0.1, 0.15) is 11.5 Å². The highest BCUT2D eigenvalue weighted by Crippen LogP contribution is 2.11. The van der Waals surface area contributed by atoms with Crippen LogP contribution in [-0.2, 0) is 13.1 Å². The monoisotopic (exact) mass is 294 g/mol. The van der Waals surface area contributed by atoms with E-state index in [2.05, 4.69) is 20.4 Å². The second-order valence-corrected chi connectivity index (χ2v) is 4.61. The van der Waals surface area contributed by atoms with Gasteiger partial charge in [-0.25, -0.2) is 4.79 Å². The zero-order chi connectivity index (χ0) is 15.4. The highest BCUT2D eigenvalue weighted by Gasteiger charge is 2.12.